The predicted octanol–water partition coefficient (Wildman–Crippen LogP) is 12.0. The molecule has 230 valence electrons. The highest BCUT2D eigenvalue weighted by molar-refractivity contribution is 7.77. The molecule has 1 N–H and O–H groups in total. The van der Waals surface area contributed by atoms with Crippen LogP contribution in [0.15, 0.2) is 96.0 Å². The first-order valence-electron chi connectivity index (χ1n) is 16.0. The number of rotatable bonds is 4. The Labute approximate surface area is 267 Å². The molecular formula is C41H50NOP. The van der Waals surface area contributed by atoms with E-state index in [1.165, 1.54) is 11.0 Å². The largest absolute Gasteiger partial charge is 0.507 e. The van der Waals surface area contributed by atoms with E-state index in [4.69, 9.17) is 4.99 Å². The third-order valence-electron chi connectivity index (χ3n) is 9.38. The molecule has 4 aromatic carbocycles. The molecule has 1 heterocycles. The highest BCUT2D eigenvalue weighted by atomic mass is 31.1. The van der Waals surface area contributed by atoms with Crippen LogP contribution in [0.2, 0.25) is 0 Å². The van der Waals surface area contributed by atoms with E-state index >= 15 is 0 Å². The molecule has 0 radical (unpaired) electrons. The molecule has 0 saturated carbocycles. The predicted molar refractivity (Wildman–Crippen MR) is 193 cm³/mol. The third kappa shape index (κ3) is 5.79. The van der Waals surface area contributed by atoms with Crippen molar-refractivity contribution in [1.82, 2.24) is 0 Å². The molecule has 0 aromatic heterocycles. The first kappa shape index (κ1) is 32.2. The van der Waals surface area contributed by atoms with Crippen molar-refractivity contribution in [2.24, 2.45) is 10.4 Å². The van der Waals surface area contributed by atoms with Crippen LogP contribution >= 0.6 is 7.92 Å². The Kier molecular flexibility index (Phi) is 8.49. The van der Waals surface area contributed by atoms with E-state index in [1.54, 1.807) is 0 Å². The molecule has 1 aliphatic rings. The van der Waals surface area contributed by atoms with Crippen LogP contribution in [0, 0.1) is 12.3 Å². The van der Waals surface area contributed by atoms with Gasteiger partial charge in [0.25, 0.3) is 0 Å². The lowest BCUT2D eigenvalue weighted by Gasteiger charge is -2.45. The van der Waals surface area contributed by atoms with Crippen LogP contribution in [-0.4, -0.2) is 21.9 Å². The Morgan fingerprint density at radius 1 is 0.705 bits per heavy atom. The van der Waals surface area contributed by atoms with E-state index < -0.39 is 13.3 Å². The molecular weight excluding hydrogens is 553 g/mol. The Bertz CT molecular complexity index is 1610. The van der Waals surface area contributed by atoms with E-state index in [1.807, 2.05) is 0 Å². The average molecular weight is 604 g/mol. The van der Waals surface area contributed by atoms with Crippen molar-refractivity contribution in [3.8, 4) is 28.0 Å². The zero-order chi connectivity index (χ0) is 32.1. The lowest BCUT2D eigenvalue weighted by molar-refractivity contribution is 0.252. The number of para-hydroxylation sites is 1. The fourth-order valence-electron chi connectivity index (χ4n) is 7.05. The molecule has 0 spiro atoms. The van der Waals surface area contributed by atoms with Gasteiger partial charge >= 0.3 is 0 Å². The minimum Gasteiger partial charge on any atom is -0.507 e. The molecule has 1 saturated heterocycles. The molecule has 2 unspecified atom stereocenters. The SMILES string of the molecule is Cc1cc(C(C)(C)C)c(O)c(C2(C(C)(C)C)CCP(C(C)(C)C)C2=Nc2c(-c3ccccc3)cccc2-c2ccccc2)c1. The van der Waals surface area contributed by atoms with Crippen LogP contribution in [0.1, 0.15) is 85.4 Å². The van der Waals surface area contributed by atoms with Gasteiger partial charge in [0.1, 0.15) is 5.75 Å². The molecule has 44 heavy (non-hydrogen) atoms. The van der Waals surface area contributed by atoms with Crippen LogP contribution < -0.4 is 0 Å². The van der Waals surface area contributed by atoms with Crippen molar-refractivity contribution >= 4 is 19.1 Å². The van der Waals surface area contributed by atoms with E-state index in [-0.39, 0.29) is 16.0 Å². The summed E-state index contributed by atoms with van der Waals surface area (Å²) in [5.41, 5.74) is 9.33. The van der Waals surface area contributed by atoms with Crippen molar-refractivity contribution in [1.29, 1.82) is 0 Å². The zero-order valence-corrected chi connectivity index (χ0v) is 29.3. The zero-order valence-electron chi connectivity index (χ0n) is 28.4. The maximum absolute atomic E-state index is 12.2. The summed E-state index contributed by atoms with van der Waals surface area (Å²) in [7, 11) is -0.632. The van der Waals surface area contributed by atoms with Crippen LogP contribution in [-0.2, 0) is 10.8 Å². The second-order valence-corrected chi connectivity index (χ2v) is 18.6. The summed E-state index contributed by atoms with van der Waals surface area (Å²) in [5, 5.41) is 12.3. The van der Waals surface area contributed by atoms with Crippen molar-refractivity contribution in [3.05, 3.63) is 108 Å². The third-order valence-corrected chi connectivity index (χ3v) is 12.7. The van der Waals surface area contributed by atoms with Crippen molar-refractivity contribution < 1.29 is 5.11 Å². The molecule has 3 heteroatoms. The fraction of sp³-hybridized carbons (Fsp3) is 0.390. The molecule has 1 fully saturated rings. The minimum absolute atomic E-state index is 0.0576. The van der Waals surface area contributed by atoms with Crippen LogP contribution in [0.5, 0.6) is 5.75 Å². The van der Waals surface area contributed by atoms with Gasteiger partial charge in [-0.1, -0.05) is 167 Å². The van der Waals surface area contributed by atoms with Gasteiger partial charge in [-0.3, -0.25) is 4.99 Å². The van der Waals surface area contributed by atoms with E-state index in [2.05, 4.69) is 160 Å². The van der Waals surface area contributed by atoms with Gasteiger partial charge in [-0.2, -0.15) is 0 Å². The van der Waals surface area contributed by atoms with Gasteiger partial charge in [-0.25, -0.2) is 0 Å². The van der Waals surface area contributed by atoms with E-state index in [0.29, 0.717) is 5.75 Å². The van der Waals surface area contributed by atoms with Gasteiger partial charge in [0, 0.05) is 22.1 Å². The lowest BCUT2D eigenvalue weighted by atomic mass is 9.60. The maximum atomic E-state index is 12.2. The number of hydrogen-bond acceptors (Lipinski definition) is 2. The summed E-state index contributed by atoms with van der Waals surface area (Å²) in [5.74, 6) is 0.441. The van der Waals surface area contributed by atoms with E-state index in [0.717, 1.165) is 51.7 Å². The van der Waals surface area contributed by atoms with Crippen LogP contribution in [0.4, 0.5) is 5.69 Å². The fourth-order valence-corrected chi connectivity index (χ4v) is 10.4. The first-order chi connectivity index (χ1) is 20.6. The Balaban J connectivity index is 1.93. The number of hydrogen-bond donors (Lipinski definition) is 1. The highest BCUT2D eigenvalue weighted by Crippen LogP contribution is 2.68. The Hall–Kier alpha value is -3.22. The monoisotopic (exact) mass is 603 g/mol. The van der Waals surface area contributed by atoms with Crippen molar-refractivity contribution in [2.75, 3.05) is 6.16 Å². The number of nitrogens with zero attached hydrogens (tertiary/aromatic N) is 1. The standard InChI is InChI=1S/C41H50NOP/c1-28-26-33(38(2,3)4)36(43)34(27-28)41(39(5,6)7)24-25-44(40(8,9)10)37(41)42-35-31(29-18-13-11-14-19-29)22-17-23-32(35)30-20-15-12-16-21-30/h11-23,26-27,43H,24-25H2,1-10H3. The summed E-state index contributed by atoms with van der Waals surface area (Å²) in [6.07, 6.45) is 2.05. The number of aryl methyl sites for hydroxylation is 1. The summed E-state index contributed by atoms with van der Waals surface area (Å²) in [6.45, 7) is 23.0. The molecule has 5 rings (SSSR count). The normalized spacial score (nSPS) is 20.3. The second kappa shape index (κ2) is 11.6. The van der Waals surface area contributed by atoms with Gasteiger partial charge in [0.05, 0.1) is 11.1 Å². The van der Waals surface area contributed by atoms with Crippen molar-refractivity contribution in [2.45, 2.75) is 91.6 Å². The smallest absolute Gasteiger partial charge is 0.123 e. The van der Waals surface area contributed by atoms with Crippen LogP contribution in [0.25, 0.3) is 22.3 Å². The first-order valence-corrected chi connectivity index (χ1v) is 17.5. The second-order valence-electron chi connectivity index (χ2n) is 15.6. The summed E-state index contributed by atoms with van der Waals surface area (Å²) >= 11 is 0. The summed E-state index contributed by atoms with van der Waals surface area (Å²) in [4.78, 5) is 5.95. The van der Waals surface area contributed by atoms with Crippen LogP contribution in [0.3, 0.4) is 0 Å². The van der Waals surface area contributed by atoms with Gasteiger partial charge in [0.15, 0.2) is 0 Å². The average Bonchev–Trinajstić information content (AvgIpc) is 3.35. The molecule has 0 aliphatic carbocycles. The Morgan fingerprint density at radius 3 is 1.68 bits per heavy atom. The molecule has 1 aliphatic heterocycles. The molecule has 0 amide bonds. The maximum Gasteiger partial charge on any atom is 0.123 e. The van der Waals surface area contributed by atoms with E-state index in [9.17, 15) is 5.11 Å². The molecule has 4 aromatic rings. The van der Waals surface area contributed by atoms with Gasteiger partial charge in [0.2, 0.25) is 0 Å². The van der Waals surface area contributed by atoms with Gasteiger partial charge in [-0.15, -0.1) is 0 Å². The van der Waals surface area contributed by atoms with Gasteiger partial charge < -0.3 is 5.11 Å². The summed E-state index contributed by atoms with van der Waals surface area (Å²) < 4.78 is 0. The van der Waals surface area contributed by atoms with Gasteiger partial charge in [-0.05, 0) is 52.2 Å². The molecule has 2 nitrogen and oxygen atoms in total. The number of aliphatic imine (C=N–C) groups is 1. The Morgan fingerprint density at radius 2 is 1.23 bits per heavy atom. The lowest BCUT2D eigenvalue weighted by Crippen LogP contribution is -2.44. The number of benzene rings is 4. The highest BCUT2D eigenvalue weighted by Gasteiger charge is 2.57. The van der Waals surface area contributed by atoms with Crippen molar-refractivity contribution in [3.63, 3.8) is 0 Å². The quantitative estimate of drug-likeness (QED) is 0.231. The summed E-state index contributed by atoms with van der Waals surface area (Å²) in [6, 6.07) is 32.4. The number of phenolic OH excluding ortho intramolecular Hbond substituents is 1. The number of aromatic hydroxyl groups is 1. The molecule has 0 bridgehead atoms. The number of phenols is 1. The minimum atomic E-state index is -0.632. The molecule has 2 atom stereocenters. The topological polar surface area (TPSA) is 32.6 Å².